The van der Waals surface area contributed by atoms with Crippen LogP contribution in [0.2, 0.25) is 0 Å². The van der Waals surface area contributed by atoms with Crippen molar-refractivity contribution in [2.24, 2.45) is 0 Å². The summed E-state index contributed by atoms with van der Waals surface area (Å²) in [6.07, 6.45) is 1.47. The average molecular weight is 421 g/mol. The molecule has 9 nitrogen and oxygen atoms in total. The zero-order chi connectivity index (χ0) is 21.2. The Labute approximate surface area is 179 Å². The smallest absolute Gasteiger partial charge is 0.319 e. The first kappa shape index (κ1) is 19.5. The predicted octanol–water partition coefficient (Wildman–Crippen LogP) is 2.48. The number of nitrogens with one attached hydrogen (secondary N) is 2. The number of fused-ring (bicyclic) bond motifs is 1. The van der Waals surface area contributed by atoms with Crippen LogP contribution in [0.4, 0.5) is 10.5 Å². The molecule has 3 aromatic rings. The third kappa shape index (κ3) is 3.97. The fourth-order valence-corrected chi connectivity index (χ4v) is 4.02. The number of hydrogen-bond donors (Lipinski definition) is 2. The maximum Gasteiger partial charge on any atom is 0.319 e. The molecular weight excluding hydrogens is 398 g/mol. The predicted molar refractivity (Wildman–Crippen MR) is 113 cm³/mol. The van der Waals surface area contributed by atoms with Crippen molar-refractivity contribution in [1.82, 2.24) is 20.3 Å². The second-order valence-corrected chi connectivity index (χ2v) is 7.55. The van der Waals surface area contributed by atoms with E-state index in [4.69, 9.17) is 14.2 Å². The van der Waals surface area contributed by atoms with Gasteiger partial charge in [-0.25, -0.2) is 9.48 Å². The number of benzene rings is 2. The van der Waals surface area contributed by atoms with Gasteiger partial charge in [-0.1, -0.05) is 35.5 Å². The molecule has 2 N–H and O–H groups in total. The van der Waals surface area contributed by atoms with Gasteiger partial charge in [0.15, 0.2) is 0 Å². The normalized spacial score (nSPS) is 24.5. The van der Waals surface area contributed by atoms with Gasteiger partial charge in [-0.2, -0.15) is 0 Å². The van der Waals surface area contributed by atoms with Crippen molar-refractivity contribution >= 4 is 11.7 Å². The highest BCUT2D eigenvalue weighted by atomic mass is 16.6. The molecule has 2 saturated heterocycles. The molecule has 2 fully saturated rings. The zero-order valence-corrected chi connectivity index (χ0v) is 17.0. The summed E-state index contributed by atoms with van der Waals surface area (Å²) in [6, 6.07) is 16.4. The van der Waals surface area contributed by atoms with E-state index in [-0.39, 0.29) is 30.3 Å². The summed E-state index contributed by atoms with van der Waals surface area (Å²) >= 11 is 0. The number of anilines is 1. The van der Waals surface area contributed by atoms with Crippen LogP contribution in [0, 0.1) is 0 Å². The van der Waals surface area contributed by atoms with Crippen LogP contribution in [-0.4, -0.2) is 59.6 Å². The van der Waals surface area contributed by atoms with Crippen LogP contribution in [0.5, 0.6) is 5.75 Å². The first-order chi connectivity index (χ1) is 15.2. The minimum absolute atomic E-state index is 0.0913. The summed E-state index contributed by atoms with van der Waals surface area (Å²) in [7, 11) is 1.60. The van der Waals surface area contributed by atoms with E-state index in [2.05, 4.69) is 20.9 Å². The number of methoxy groups -OCH3 is 1. The molecule has 0 saturated carbocycles. The third-order valence-corrected chi connectivity index (χ3v) is 5.61. The van der Waals surface area contributed by atoms with Gasteiger partial charge in [0.25, 0.3) is 0 Å². The standard InChI is InChI=1S/C22H23N5O4/c1-29-16-9-7-15(8-10-16)23-22(28)24-18-12-30-21-19(13-31-20(18)21)27-11-17(25-26-27)14-5-3-2-4-6-14/h2-11,18-21H,12-13H2,1H3,(H2,23,24,28). The first-order valence-corrected chi connectivity index (χ1v) is 10.1. The number of carbonyl (C=O) groups is 1. The van der Waals surface area contributed by atoms with Gasteiger partial charge in [-0.15, -0.1) is 5.10 Å². The van der Waals surface area contributed by atoms with Crippen molar-refractivity contribution in [3.63, 3.8) is 0 Å². The zero-order valence-electron chi connectivity index (χ0n) is 17.0. The number of nitrogens with zero attached hydrogens (tertiary/aromatic N) is 3. The van der Waals surface area contributed by atoms with Crippen LogP contribution in [0.15, 0.2) is 60.8 Å². The molecular formula is C22H23N5O4. The molecule has 4 atom stereocenters. The summed E-state index contributed by atoms with van der Waals surface area (Å²) in [5.41, 5.74) is 2.48. The molecule has 0 spiro atoms. The van der Waals surface area contributed by atoms with Gasteiger partial charge in [0, 0.05) is 11.3 Å². The average Bonchev–Trinajstić information content (AvgIpc) is 3.52. The van der Waals surface area contributed by atoms with Gasteiger partial charge in [0.1, 0.15) is 29.7 Å². The minimum Gasteiger partial charge on any atom is -0.497 e. The molecule has 2 aromatic carbocycles. The van der Waals surface area contributed by atoms with Crippen molar-refractivity contribution in [2.75, 3.05) is 25.6 Å². The van der Waals surface area contributed by atoms with Gasteiger partial charge >= 0.3 is 6.03 Å². The number of amides is 2. The van der Waals surface area contributed by atoms with E-state index in [1.807, 2.05) is 36.5 Å². The molecule has 2 aliphatic rings. The highest BCUT2D eigenvalue weighted by Gasteiger charge is 2.49. The Kier molecular flexibility index (Phi) is 5.27. The largest absolute Gasteiger partial charge is 0.497 e. The summed E-state index contributed by atoms with van der Waals surface area (Å²) in [4.78, 5) is 12.4. The lowest BCUT2D eigenvalue weighted by Crippen LogP contribution is -2.45. The molecule has 2 amide bonds. The molecule has 4 unspecified atom stereocenters. The fourth-order valence-electron chi connectivity index (χ4n) is 4.02. The van der Waals surface area contributed by atoms with Crippen molar-refractivity contribution in [3.8, 4) is 17.0 Å². The molecule has 3 heterocycles. The molecule has 1 aromatic heterocycles. The molecule has 160 valence electrons. The number of carbonyl (C=O) groups excluding carboxylic acids is 1. The van der Waals surface area contributed by atoms with E-state index in [1.54, 1.807) is 36.1 Å². The molecule has 5 rings (SSSR count). The van der Waals surface area contributed by atoms with Crippen molar-refractivity contribution < 1.29 is 19.0 Å². The van der Waals surface area contributed by atoms with Gasteiger partial charge in [-0.3, -0.25) is 0 Å². The van der Waals surface area contributed by atoms with E-state index < -0.39 is 0 Å². The van der Waals surface area contributed by atoms with Crippen LogP contribution in [0.1, 0.15) is 6.04 Å². The van der Waals surface area contributed by atoms with Crippen molar-refractivity contribution in [3.05, 3.63) is 60.8 Å². The third-order valence-electron chi connectivity index (χ3n) is 5.61. The van der Waals surface area contributed by atoms with Gasteiger partial charge in [0.05, 0.1) is 32.6 Å². The Hall–Kier alpha value is -3.43. The highest BCUT2D eigenvalue weighted by Crippen LogP contribution is 2.34. The van der Waals surface area contributed by atoms with Crippen LogP contribution in [0.25, 0.3) is 11.3 Å². The lowest BCUT2D eigenvalue weighted by Gasteiger charge is -2.18. The summed E-state index contributed by atoms with van der Waals surface area (Å²) in [6.45, 7) is 0.827. The van der Waals surface area contributed by atoms with Crippen molar-refractivity contribution in [2.45, 2.75) is 24.3 Å². The molecule has 31 heavy (non-hydrogen) atoms. The quantitative estimate of drug-likeness (QED) is 0.657. The molecule has 0 radical (unpaired) electrons. The maximum absolute atomic E-state index is 12.4. The number of ether oxygens (including phenoxy) is 3. The Morgan fingerprint density at radius 1 is 1.06 bits per heavy atom. The van der Waals surface area contributed by atoms with Crippen LogP contribution >= 0.6 is 0 Å². The lowest BCUT2D eigenvalue weighted by molar-refractivity contribution is 0.0622. The van der Waals surface area contributed by atoms with Gasteiger partial charge in [-0.05, 0) is 24.3 Å². The van der Waals surface area contributed by atoms with E-state index in [9.17, 15) is 4.79 Å². The Balaban J connectivity index is 1.21. The highest BCUT2D eigenvalue weighted by molar-refractivity contribution is 5.89. The minimum atomic E-state index is -0.307. The second kappa shape index (κ2) is 8.37. The molecule has 0 bridgehead atoms. The second-order valence-electron chi connectivity index (χ2n) is 7.55. The maximum atomic E-state index is 12.4. The number of hydrogen-bond acceptors (Lipinski definition) is 6. The SMILES string of the molecule is COc1ccc(NC(=O)NC2COC3C2OCC3n2cc(-c3ccccc3)nn2)cc1. The molecule has 9 heteroatoms. The van der Waals surface area contributed by atoms with Gasteiger partial charge < -0.3 is 24.8 Å². The Morgan fingerprint density at radius 3 is 2.61 bits per heavy atom. The fraction of sp³-hybridized carbons (Fsp3) is 0.318. The van der Waals surface area contributed by atoms with E-state index >= 15 is 0 Å². The summed E-state index contributed by atoms with van der Waals surface area (Å²) in [5, 5.41) is 14.3. The van der Waals surface area contributed by atoms with E-state index in [1.165, 1.54) is 0 Å². The summed E-state index contributed by atoms with van der Waals surface area (Å²) in [5.74, 6) is 0.729. The van der Waals surface area contributed by atoms with Gasteiger partial charge in [0.2, 0.25) is 0 Å². The molecule has 2 aliphatic heterocycles. The van der Waals surface area contributed by atoms with Crippen molar-refractivity contribution in [1.29, 1.82) is 0 Å². The first-order valence-electron chi connectivity index (χ1n) is 10.1. The van der Waals surface area contributed by atoms with E-state index in [0.717, 1.165) is 17.0 Å². The van der Waals surface area contributed by atoms with Crippen LogP contribution < -0.4 is 15.4 Å². The van der Waals surface area contributed by atoms with Crippen LogP contribution in [0.3, 0.4) is 0 Å². The Bertz CT molecular complexity index is 1040. The van der Waals surface area contributed by atoms with E-state index in [0.29, 0.717) is 18.9 Å². The topological polar surface area (TPSA) is 99.5 Å². The summed E-state index contributed by atoms with van der Waals surface area (Å²) < 4.78 is 18.9. The van der Waals surface area contributed by atoms with Crippen LogP contribution in [-0.2, 0) is 9.47 Å². The Morgan fingerprint density at radius 2 is 1.84 bits per heavy atom. The number of aromatic nitrogens is 3. The molecule has 0 aliphatic carbocycles. The lowest BCUT2D eigenvalue weighted by atomic mass is 10.1. The monoisotopic (exact) mass is 421 g/mol. The number of urea groups is 1. The number of rotatable bonds is 5.